The molecular formula is C19H16N4S. The van der Waals surface area contributed by atoms with Crippen LogP contribution in [0, 0.1) is 0 Å². The third kappa shape index (κ3) is 2.74. The van der Waals surface area contributed by atoms with Crippen molar-refractivity contribution in [3.05, 3.63) is 73.1 Å². The van der Waals surface area contributed by atoms with Gasteiger partial charge in [-0.25, -0.2) is 9.97 Å². The summed E-state index contributed by atoms with van der Waals surface area (Å²) >= 11 is 1.73. The SMILES string of the molecule is CSc1ccc(-c2nc3ncccn3c2Nc2ccccc2)cc1. The number of thioether (sulfide) groups is 1. The van der Waals surface area contributed by atoms with E-state index in [2.05, 4.69) is 40.8 Å². The fourth-order valence-corrected chi connectivity index (χ4v) is 3.02. The maximum atomic E-state index is 4.72. The molecule has 0 unspecified atom stereocenters. The minimum absolute atomic E-state index is 0.680. The van der Waals surface area contributed by atoms with E-state index in [1.165, 1.54) is 4.90 Å². The van der Waals surface area contributed by atoms with Crippen LogP contribution in [0.1, 0.15) is 0 Å². The number of aromatic nitrogens is 3. The fraction of sp³-hybridized carbons (Fsp3) is 0.0526. The molecule has 0 aliphatic rings. The van der Waals surface area contributed by atoms with E-state index >= 15 is 0 Å². The molecule has 0 bridgehead atoms. The first-order chi connectivity index (χ1) is 11.8. The Balaban J connectivity index is 1.85. The molecule has 4 nitrogen and oxygen atoms in total. The lowest BCUT2D eigenvalue weighted by Gasteiger charge is -2.09. The fourth-order valence-electron chi connectivity index (χ4n) is 2.62. The molecule has 1 N–H and O–H groups in total. The number of hydrogen-bond donors (Lipinski definition) is 1. The highest BCUT2D eigenvalue weighted by atomic mass is 32.2. The molecule has 0 radical (unpaired) electrons. The first-order valence-corrected chi connectivity index (χ1v) is 8.87. The van der Waals surface area contributed by atoms with E-state index in [9.17, 15) is 0 Å². The monoisotopic (exact) mass is 332 g/mol. The minimum Gasteiger partial charge on any atom is -0.339 e. The van der Waals surface area contributed by atoms with Crippen molar-refractivity contribution < 1.29 is 0 Å². The lowest BCUT2D eigenvalue weighted by Crippen LogP contribution is -1.97. The molecule has 5 heteroatoms. The Morgan fingerprint density at radius 3 is 2.50 bits per heavy atom. The molecule has 118 valence electrons. The largest absolute Gasteiger partial charge is 0.339 e. The molecule has 0 aliphatic heterocycles. The second kappa shape index (κ2) is 6.37. The van der Waals surface area contributed by atoms with Crippen LogP contribution in [0.15, 0.2) is 78.0 Å². The van der Waals surface area contributed by atoms with Gasteiger partial charge in [0, 0.05) is 28.5 Å². The Labute approximate surface area is 144 Å². The van der Waals surface area contributed by atoms with Gasteiger partial charge in [0.1, 0.15) is 11.5 Å². The average molecular weight is 332 g/mol. The molecule has 0 amide bonds. The highest BCUT2D eigenvalue weighted by molar-refractivity contribution is 7.98. The maximum absolute atomic E-state index is 4.72. The normalized spacial score (nSPS) is 10.9. The van der Waals surface area contributed by atoms with E-state index < -0.39 is 0 Å². The number of anilines is 2. The summed E-state index contributed by atoms with van der Waals surface area (Å²) in [6.45, 7) is 0. The van der Waals surface area contributed by atoms with Crippen LogP contribution in [0.2, 0.25) is 0 Å². The molecular weight excluding hydrogens is 316 g/mol. The molecule has 0 saturated carbocycles. The molecule has 2 aromatic carbocycles. The highest BCUT2D eigenvalue weighted by Gasteiger charge is 2.14. The van der Waals surface area contributed by atoms with Crippen molar-refractivity contribution in [3.8, 4) is 11.3 Å². The van der Waals surface area contributed by atoms with Gasteiger partial charge in [0.15, 0.2) is 0 Å². The van der Waals surface area contributed by atoms with Crippen LogP contribution in [-0.4, -0.2) is 20.6 Å². The lowest BCUT2D eigenvalue weighted by molar-refractivity contribution is 1.11. The van der Waals surface area contributed by atoms with Crippen LogP contribution in [0.25, 0.3) is 17.0 Å². The van der Waals surface area contributed by atoms with Crippen molar-refractivity contribution in [3.63, 3.8) is 0 Å². The number of benzene rings is 2. The molecule has 0 spiro atoms. The second-order valence-electron chi connectivity index (χ2n) is 5.32. The Kier molecular flexibility index (Phi) is 3.92. The van der Waals surface area contributed by atoms with Gasteiger partial charge in [0.05, 0.1) is 0 Å². The van der Waals surface area contributed by atoms with Gasteiger partial charge in [-0.15, -0.1) is 11.8 Å². The van der Waals surface area contributed by atoms with E-state index in [0.29, 0.717) is 5.78 Å². The van der Waals surface area contributed by atoms with Crippen molar-refractivity contribution in [2.24, 2.45) is 0 Å². The zero-order chi connectivity index (χ0) is 16.4. The second-order valence-corrected chi connectivity index (χ2v) is 6.20. The van der Waals surface area contributed by atoms with Crippen molar-refractivity contribution in [2.45, 2.75) is 4.90 Å². The summed E-state index contributed by atoms with van der Waals surface area (Å²) in [5.41, 5.74) is 2.98. The van der Waals surface area contributed by atoms with Gasteiger partial charge in [-0.2, -0.15) is 0 Å². The topological polar surface area (TPSA) is 42.2 Å². The number of imidazole rings is 1. The molecule has 24 heavy (non-hydrogen) atoms. The van der Waals surface area contributed by atoms with E-state index in [0.717, 1.165) is 22.8 Å². The third-order valence-electron chi connectivity index (χ3n) is 3.80. The number of para-hydroxylation sites is 1. The smallest absolute Gasteiger partial charge is 0.235 e. The molecule has 0 saturated heterocycles. The van der Waals surface area contributed by atoms with Crippen molar-refractivity contribution in [1.29, 1.82) is 0 Å². The lowest BCUT2D eigenvalue weighted by atomic mass is 10.1. The summed E-state index contributed by atoms with van der Waals surface area (Å²) in [4.78, 5) is 10.3. The molecule has 2 aromatic heterocycles. The van der Waals surface area contributed by atoms with Crippen LogP contribution >= 0.6 is 11.8 Å². The Morgan fingerprint density at radius 2 is 1.75 bits per heavy atom. The van der Waals surface area contributed by atoms with Crippen molar-refractivity contribution in [1.82, 2.24) is 14.4 Å². The predicted molar refractivity (Wildman–Crippen MR) is 99.9 cm³/mol. The standard InChI is InChI=1S/C19H16N4S/c1-24-16-10-8-14(9-11-16)17-18(21-15-6-3-2-4-7-15)23-13-5-12-20-19(23)22-17/h2-13,21H,1H3. The van der Waals surface area contributed by atoms with E-state index in [4.69, 9.17) is 4.98 Å². The van der Waals surface area contributed by atoms with Gasteiger partial charge >= 0.3 is 0 Å². The van der Waals surface area contributed by atoms with Crippen molar-refractivity contribution >= 4 is 29.0 Å². The molecule has 2 heterocycles. The van der Waals surface area contributed by atoms with Gasteiger partial charge in [0.2, 0.25) is 5.78 Å². The number of hydrogen-bond acceptors (Lipinski definition) is 4. The Bertz CT molecular complexity index is 962. The summed E-state index contributed by atoms with van der Waals surface area (Å²) in [5.74, 6) is 1.60. The summed E-state index contributed by atoms with van der Waals surface area (Å²) in [7, 11) is 0. The first-order valence-electron chi connectivity index (χ1n) is 7.65. The number of rotatable bonds is 4. The summed E-state index contributed by atoms with van der Waals surface area (Å²) in [6, 6.07) is 20.4. The molecule has 0 fully saturated rings. The van der Waals surface area contributed by atoms with Crippen LogP contribution in [-0.2, 0) is 0 Å². The Hall–Kier alpha value is -2.79. The average Bonchev–Trinajstić information content (AvgIpc) is 3.01. The summed E-state index contributed by atoms with van der Waals surface area (Å²) < 4.78 is 1.98. The molecule has 4 aromatic rings. The number of nitrogens with zero attached hydrogens (tertiary/aromatic N) is 3. The van der Waals surface area contributed by atoms with E-state index in [1.54, 1.807) is 18.0 Å². The number of fused-ring (bicyclic) bond motifs is 1. The third-order valence-corrected chi connectivity index (χ3v) is 4.55. The minimum atomic E-state index is 0.680. The van der Waals surface area contributed by atoms with E-state index in [1.807, 2.05) is 47.0 Å². The Morgan fingerprint density at radius 1 is 0.958 bits per heavy atom. The van der Waals surface area contributed by atoms with E-state index in [-0.39, 0.29) is 0 Å². The predicted octanol–water partition coefficient (Wildman–Crippen LogP) is 4.86. The molecule has 4 rings (SSSR count). The zero-order valence-electron chi connectivity index (χ0n) is 13.2. The summed E-state index contributed by atoms with van der Waals surface area (Å²) in [5, 5.41) is 3.48. The van der Waals surface area contributed by atoms with Crippen molar-refractivity contribution in [2.75, 3.05) is 11.6 Å². The maximum Gasteiger partial charge on any atom is 0.235 e. The highest BCUT2D eigenvalue weighted by Crippen LogP contribution is 2.31. The number of nitrogens with one attached hydrogen (secondary N) is 1. The van der Waals surface area contributed by atoms with Gasteiger partial charge in [0.25, 0.3) is 0 Å². The van der Waals surface area contributed by atoms with Crippen LogP contribution < -0.4 is 5.32 Å². The molecule has 0 aliphatic carbocycles. The van der Waals surface area contributed by atoms with Gasteiger partial charge in [-0.05, 0) is 36.6 Å². The first kappa shape index (κ1) is 14.8. The van der Waals surface area contributed by atoms with Gasteiger partial charge in [-0.3, -0.25) is 4.40 Å². The van der Waals surface area contributed by atoms with Crippen LogP contribution in [0.5, 0.6) is 0 Å². The quantitative estimate of drug-likeness (QED) is 0.542. The van der Waals surface area contributed by atoms with Gasteiger partial charge in [-0.1, -0.05) is 30.3 Å². The van der Waals surface area contributed by atoms with Gasteiger partial charge < -0.3 is 5.32 Å². The van der Waals surface area contributed by atoms with Crippen LogP contribution in [0.3, 0.4) is 0 Å². The molecule has 0 atom stereocenters. The zero-order valence-corrected chi connectivity index (χ0v) is 14.0. The summed E-state index contributed by atoms with van der Waals surface area (Å²) in [6.07, 6.45) is 5.81. The van der Waals surface area contributed by atoms with Crippen LogP contribution in [0.4, 0.5) is 11.5 Å².